The van der Waals surface area contributed by atoms with E-state index in [1.54, 1.807) is 12.0 Å². The van der Waals surface area contributed by atoms with Crippen LogP contribution < -0.4 is 15.8 Å². The number of guanidine groups is 1. The molecule has 29 heavy (non-hydrogen) atoms. The highest BCUT2D eigenvalue weighted by molar-refractivity contribution is 5.84. The molecule has 2 rings (SSSR count). The van der Waals surface area contributed by atoms with Crippen molar-refractivity contribution >= 4 is 18.0 Å². The predicted octanol–water partition coefficient (Wildman–Crippen LogP) is 1.18. The quantitative estimate of drug-likeness (QED) is 0.562. The Morgan fingerprint density at radius 3 is 2.24 bits per heavy atom. The van der Waals surface area contributed by atoms with Gasteiger partial charge in [-0.2, -0.15) is 0 Å². The first kappa shape index (κ1) is 22.3. The van der Waals surface area contributed by atoms with Crippen LogP contribution in [0.3, 0.4) is 0 Å². The Hall–Kier alpha value is -2.97. The van der Waals surface area contributed by atoms with E-state index in [2.05, 4.69) is 10.3 Å². The molecule has 0 saturated carbocycles. The number of hydrogen-bond acceptors (Lipinski definition) is 5. The minimum Gasteiger partial charge on any atom is -0.497 e. The van der Waals surface area contributed by atoms with Crippen LogP contribution in [-0.4, -0.2) is 73.2 Å². The number of amides is 2. The minimum absolute atomic E-state index is 0.0474. The van der Waals surface area contributed by atoms with Crippen molar-refractivity contribution in [2.24, 2.45) is 10.7 Å². The summed E-state index contributed by atoms with van der Waals surface area (Å²) in [6, 6.07) is 7.46. The number of nitrogens with two attached hydrogens (primary N) is 1. The van der Waals surface area contributed by atoms with Crippen LogP contribution in [0.25, 0.3) is 0 Å². The van der Waals surface area contributed by atoms with Crippen LogP contribution in [0.5, 0.6) is 5.75 Å². The molecule has 1 aliphatic heterocycles. The number of nitrogens with one attached hydrogen (secondary N) is 1. The molecule has 2 amide bonds. The number of carbonyl (C=O) groups is 2. The molecule has 0 atom stereocenters. The number of hydrogen-bond donors (Lipinski definition) is 2. The molecule has 1 saturated heterocycles. The Kier molecular flexibility index (Phi) is 7.69. The van der Waals surface area contributed by atoms with Crippen molar-refractivity contribution in [2.45, 2.75) is 32.9 Å². The lowest BCUT2D eigenvalue weighted by Gasteiger charge is -2.36. The fourth-order valence-electron chi connectivity index (χ4n) is 2.70. The molecule has 0 spiro atoms. The SMILES string of the molecule is COc1ccc(CNC(=O)CN=C(N)N2CCN(C(=O)OC(C)(C)C)CC2)cc1. The Morgan fingerprint density at radius 1 is 1.10 bits per heavy atom. The first-order valence-electron chi connectivity index (χ1n) is 9.60. The van der Waals surface area contributed by atoms with Crippen molar-refractivity contribution in [1.82, 2.24) is 15.1 Å². The molecule has 0 radical (unpaired) electrons. The van der Waals surface area contributed by atoms with Crippen LogP contribution in [0.4, 0.5) is 4.79 Å². The van der Waals surface area contributed by atoms with Gasteiger partial charge in [0.05, 0.1) is 7.11 Å². The molecule has 9 heteroatoms. The average molecular weight is 405 g/mol. The van der Waals surface area contributed by atoms with E-state index in [-0.39, 0.29) is 18.5 Å². The van der Waals surface area contributed by atoms with Crippen molar-refractivity contribution in [3.8, 4) is 5.75 Å². The van der Waals surface area contributed by atoms with Crippen molar-refractivity contribution in [1.29, 1.82) is 0 Å². The van der Waals surface area contributed by atoms with E-state index in [1.165, 1.54) is 0 Å². The van der Waals surface area contributed by atoms with Crippen LogP contribution in [0, 0.1) is 0 Å². The summed E-state index contributed by atoms with van der Waals surface area (Å²) in [5.41, 5.74) is 6.45. The minimum atomic E-state index is -0.520. The fraction of sp³-hybridized carbons (Fsp3) is 0.550. The fourth-order valence-corrected chi connectivity index (χ4v) is 2.70. The number of benzene rings is 1. The average Bonchev–Trinajstić information content (AvgIpc) is 2.69. The van der Waals surface area contributed by atoms with Crippen molar-refractivity contribution < 1.29 is 19.1 Å². The monoisotopic (exact) mass is 405 g/mol. The molecule has 0 bridgehead atoms. The molecule has 1 fully saturated rings. The van der Waals surface area contributed by atoms with Gasteiger partial charge in [0.2, 0.25) is 5.91 Å². The van der Waals surface area contributed by atoms with Crippen LogP contribution in [0.1, 0.15) is 26.3 Å². The molecule has 1 heterocycles. The lowest BCUT2D eigenvalue weighted by molar-refractivity contribution is -0.119. The summed E-state index contributed by atoms with van der Waals surface area (Å²) in [6.45, 7) is 7.96. The molecule has 3 N–H and O–H groups in total. The Labute approximate surface area is 171 Å². The smallest absolute Gasteiger partial charge is 0.410 e. The van der Waals surface area contributed by atoms with Gasteiger partial charge in [0, 0.05) is 32.7 Å². The Bertz CT molecular complexity index is 719. The number of rotatable bonds is 5. The van der Waals surface area contributed by atoms with Crippen molar-refractivity contribution in [2.75, 3.05) is 39.8 Å². The Balaban J connectivity index is 1.73. The zero-order valence-electron chi connectivity index (χ0n) is 17.6. The van der Waals surface area contributed by atoms with Crippen molar-refractivity contribution in [3.63, 3.8) is 0 Å². The second kappa shape index (κ2) is 9.99. The number of carbonyl (C=O) groups excluding carboxylic acids is 2. The Morgan fingerprint density at radius 2 is 1.69 bits per heavy atom. The summed E-state index contributed by atoms with van der Waals surface area (Å²) < 4.78 is 10.5. The standard InChI is InChI=1S/C20H31N5O4/c1-20(2,3)29-19(27)25-11-9-24(10-12-25)18(21)23-14-17(26)22-13-15-5-7-16(28-4)8-6-15/h5-8H,9-14H2,1-4H3,(H2,21,23)(H,22,26). The van der Waals surface area contributed by atoms with Gasteiger partial charge >= 0.3 is 6.09 Å². The van der Waals surface area contributed by atoms with Gasteiger partial charge in [0.15, 0.2) is 5.96 Å². The molecule has 1 aliphatic rings. The third-order valence-electron chi connectivity index (χ3n) is 4.29. The third kappa shape index (κ3) is 7.52. The summed E-state index contributed by atoms with van der Waals surface area (Å²) in [4.78, 5) is 31.8. The predicted molar refractivity (Wildman–Crippen MR) is 111 cm³/mol. The summed E-state index contributed by atoms with van der Waals surface area (Å²) in [6.07, 6.45) is -0.328. The van der Waals surface area contributed by atoms with Gasteiger partial charge in [-0.05, 0) is 38.5 Å². The number of ether oxygens (including phenoxy) is 2. The zero-order chi connectivity index (χ0) is 21.4. The normalized spacial score (nSPS) is 15.1. The largest absolute Gasteiger partial charge is 0.497 e. The number of aliphatic imine (C=N–C) groups is 1. The molecule has 1 aromatic rings. The highest BCUT2D eigenvalue weighted by Gasteiger charge is 2.26. The molecule has 0 aromatic heterocycles. The van der Waals surface area contributed by atoms with Gasteiger partial charge < -0.3 is 30.3 Å². The summed E-state index contributed by atoms with van der Waals surface area (Å²) >= 11 is 0. The van der Waals surface area contributed by atoms with Crippen LogP contribution in [-0.2, 0) is 16.1 Å². The maximum Gasteiger partial charge on any atom is 0.410 e. The maximum atomic E-state index is 12.1. The highest BCUT2D eigenvalue weighted by atomic mass is 16.6. The molecule has 0 unspecified atom stereocenters. The first-order chi connectivity index (χ1) is 13.7. The summed E-state index contributed by atoms with van der Waals surface area (Å²) in [5, 5.41) is 2.81. The van der Waals surface area contributed by atoms with Gasteiger partial charge in [0.1, 0.15) is 17.9 Å². The van der Waals surface area contributed by atoms with Gasteiger partial charge in [0.25, 0.3) is 0 Å². The van der Waals surface area contributed by atoms with E-state index in [4.69, 9.17) is 15.2 Å². The van der Waals surface area contributed by atoms with E-state index >= 15 is 0 Å². The topological polar surface area (TPSA) is 109 Å². The van der Waals surface area contributed by atoms with Crippen molar-refractivity contribution in [3.05, 3.63) is 29.8 Å². The van der Waals surface area contributed by atoms with E-state index < -0.39 is 5.60 Å². The molecule has 0 aliphatic carbocycles. The van der Waals surface area contributed by atoms with Crippen LogP contribution in [0.2, 0.25) is 0 Å². The maximum absolute atomic E-state index is 12.1. The molecule has 1 aromatic carbocycles. The van der Waals surface area contributed by atoms with E-state index in [0.29, 0.717) is 38.7 Å². The number of methoxy groups -OCH3 is 1. The lowest BCUT2D eigenvalue weighted by Crippen LogP contribution is -2.53. The third-order valence-corrected chi connectivity index (χ3v) is 4.29. The van der Waals surface area contributed by atoms with E-state index in [0.717, 1.165) is 11.3 Å². The zero-order valence-corrected chi connectivity index (χ0v) is 17.6. The molecule has 160 valence electrons. The van der Waals surface area contributed by atoms with Gasteiger partial charge in [-0.25, -0.2) is 9.79 Å². The van der Waals surface area contributed by atoms with Crippen LogP contribution >= 0.6 is 0 Å². The first-order valence-corrected chi connectivity index (χ1v) is 9.60. The number of piperazine rings is 1. The summed E-state index contributed by atoms with van der Waals surface area (Å²) in [7, 11) is 1.61. The lowest BCUT2D eigenvalue weighted by atomic mass is 10.2. The molecular weight excluding hydrogens is 374 g/mol. The van der Waals surface area contributed by atoms with Crippen LogP contribution in [0.15, 0.2) is 29.3 Å². The van der Waals surface area contributed by atoms with Gasteiger partial charge in [-0.1, -0.05) is 12.1 Å². The second-order valence-electron chi connectivity index (χ2n) is 7.75. The van der Waals surface area contributed by atoms with E-state index in [9.17, 15) is 9.59 Å². The van der Waals surface area contributed by atoms with Gasteiger partial charge in [-0.15, -0.1) is 0 Å². The summed E-state index contributed by atoms with van der Waals surface area (Å²) in [5.74, 6) is 0.855. The molecular formula is C20H31N5O4. The molecule has 9 nitrogen and oxygen atoms in total. The number of nitrogens with zero attached hydrogens (tertiary/aromatic N) is 3. The highest BCUT2D eigenvalue weighted by Crippen LogP contribution is 2.12. The second-order valence-corrected chi connectivity index (χ2v) is 7.75. The van der Waals surface area contributed by atoms with Gasteiger partial charge in [-0.3, -0.25) is 4.79 Å². The van der Waals surface area contributed by atoms with E-state index in [1.807, 2.05) is 49.9 Å².